The number of nitrogens with one attached hydrogen (secondary N) is 1. The summed E-state index contributed by atoms with van der Waals surface area (Å²) in [6.45, 7) is 11.0. The average Bonchev–Trinajstić information content (AvgIpc) is 2.61. The highest BCUT2D eigenvalue weighted by Crippen LogP contribution is 2.29. The lowest BCUT2D eigenvalue weighted by Crippen LogP contribution is -2.37. The van der Waals surface area contributed by atoms with Crippen LogP contribution in [0.15, 0.2) is 30.3 Å². The van der Waals surface area contributed by atoms with Gasteiger partial charge in [-0.1, -0.05) is 39.0 Å². The van der Waals surface area contributed by atoms with Gasteiger partial charge in [0.15, 0.2) is 0 Å². The summed E-state index contributed by atoms with van der Waals surface area (Å²) in [4.78, 5) is 23.9. The molecule has 0 unspecified atom stereocenters. The molecule has 1 fully saturated rings. The average molecular weight is 354 g/mol. The van der Waals surface area contributed by atoms with E-state index in [4.69, 9.17) is 4.74 Å². The van der Waals surface area contributed by atoms with Crippen molar-refractivity contribution in [2.45, 2.75) is 33.1 Å². The second-order valence-electron chi connectivity index (χ2n) is 7.54. The molecule has 1 saturated heterocycles. The molecule has 6 nitrogen and oxygen atoms in total. The van der Waals surface area contributed by atoms with Gasteiger partial charge in [-0.2, -0.15) is 0 Å². The third-order valence-electron chi connectivity index (χ3n) is 4.35. The molecule has 0 aliphatic carbocycles. The van der Waals surface area contributed by atoms with E-state index in [0.717, 1.165) is 30.0 Å². The Morgan fingerprint density at radius 1 is 1.15 bits per heavy atom. The molecule has 1 aliphatic heterocycles. The Balaban J connectivity index is 1.86. The highest BCUT2D eigenvalue weighted by molar-refractivity contribution is 6.03. The molecule has 6 heteroatoms. The monoisotopic (exact) mass is 354 g/mol. The first-order valence-electron chi connectivity index (χ1n) is 8.94. The van der Waals surface area contributed by atoms with Crippen molar-refractivity contribution in [3.8, 4) is 0 Å². The van der Waals surface area contributed by atoms with Crippen molar-refractivity contribution in [2.75, 3.05) is 36.5 Å². The number of rotatable bonds is 3. The van der Waals surface area contributed by atoms with E-state index in [1.165, 1.54) is 0 Å². The normalized spacial score (nSPS) is 15.0. The maximum atomic E-state index is 12.8. The van der Waals surface area contributed by atoms with Crippen molar-refractivity contribution in [1.29, 1.82) is 0 Å². The van der Waals surface area contributed by atoms with Crippen LogP contribution in [-0.2, 0) is 10.2 Å². The summed E-state index contributed by atoms with van der Waals surface area (Å²) in [7, 11) is 0. The number of benzene rings is 1. The number of carbonyl (C=O) groups is 1. The molecule has 1 aliphatic rings. The number of ether oxygens (including phenoxy) is 1. The fourth-order valence-corrected chi connectivity index (χ4v) is 3.01. The van der Waals surface area contributed by atoms with Gasteiger partial charge in [-0.3, -0.25) is 4.79 Å². The molecule has 1 aromatic carbocycles. The van der Waals surface area contributed by atoms with E-state index in [1.807, 2.05) is 31.2 Å². The Bertz CT molecular complexity index is 793. The number of hydrogen-bond donors (Lipinski definition) is 1. The molecular formula is C20H26N4O2. The molecule has 3 rings (SSSR count). The highest BCUT2D eigenvalue weighted by Gasteiger charge is 2.21. The first kappa shape index (κ1) is 18.3. The van der Waals surface area contributed by atoms with Gasteiger partial charge in [0, 0.05) is 24.5 Å². The van der Waals surface area contributed by atoms with E-state index in [0.29, 0.717) is 24.9 Å². The van der Waals surface area contributed by atoms with Gasteiger partial charge >= 0.3 is 0 Å². The largest absolute Gasteiger partial charge is 0.378 e. The fourth-order valence-electron chi connectivity index (χ4n) is 3.01. The van der Waals surface area contributed by atoms with Crippen LogP contribution in [0.2, 0.25) is 0 Å². The van der Waals surface area contributed by atoms with Crippen LogP contribution in [0.25, 0.3) is 0 Å². The second-order valence-corrected chi connectivity index (χ2v) is 7.54. The number of carbonyl (C=O) groups excluding carboxylic acids is 1. The quantitative estimate of drug-likeness (QED) is 0.917. The van der Waals surface area contributed by atoms with Gasteiger partial charge in [-0.25, -0.2) is 9.97 Å². The van der Waals surface area contributed by atoms with E-state index in [9.17, 15) is 4.79 Å². The van der Waals surface area contributed by atoms with Crippen molar-refractivity contribution in [3.05, 3.63) is 47.3 Å². The standard InChI is InChI=1S/C20H26N4O2/c1-14-13-17(23-19(21-14)24-9-11-26-12-10-24)18(25)22-16-8-6-5-7-15(16)20(2,3)4/h5-8,13H,9-12H2,1-4H3,(H,22,25). The molecule has 138 valence electrons. The van der Waals surface area contributed by atoms with Gasteiger partial charge < -0.3 is 15.0 Å². The van der Waals surface area contributed by atoms with Crippen LogP contribution in [-0.4, -0.2) is 42.2 Å². The van der Waals surface area contributed by atoms with Crippen LogP contribution < -0.4 is 10.2 Å². The minimum Gasteiger partial charge on any atom is -0.378 e. The minimum absolute atomic E-state index is 0.0651. The minimum atomic E-state index is -0.221. The molecule has 1 aromatic heterocycles. The third kappa shape index (κ3) is 4.19. The summed E-state index contributed by atoms with van der Waals surface area (Å²) in [5.74, 6) is 0.365. The number of nitrogens with zero attached hydrogens (tertiary/aromatic N) is 3. The maximum absolute atomic E-state index is 12.8. The summed E-state index contributed by atoms with van der Waals surface area (Å²) < 4.78 is 5.38. The van der Waals surface area contributed by atoms with Crippen molar-refractivity contribution in [2.24, 2.45) is 0 Å². The van der Waals surface area contributed by atoms with Gasteiger partial charge in [0.05, 0.1) is 13.2 Å². The van der Waals surface area contributed by atoms with Crippen molar-refractivity contribution >= 4 is 17.5 Å². The second kappa shape index (κ2) is 7.41. The molecular weight excluding hydrogens is 328 g/mol. The van der Waals surface area contributed by atoms with Gasteiger partial charge in [0.25, 0.3) is 5.91 Å². The summed E-state index contributed by atoms with van der Waals surface area (Å²) in [6.07, 6.45) is 0. The smallest absolute Gasteiger partial charge is 0.274 e. The number of amides is 1. The van der Waals surface area contributed by atoms with E-state index in [2.05, 4.69) is 41.0 Å². The third-order valence-corrected chi connectivity index (χ3v) is 4.35. The van der Waals surface area contributed by atoms with Crippen LogP contribution in [0.1, 0.15) is 42.5 Å². The van der Waals surface area contributed by atoms with Gasteiger partial charge in [0.1, 0.15) is 5.69 Å². The van der Waals surface area contributed by atoms with Crippen molar-refractivity contribution < 1.29 is 9.53 Å². The Morgan fingerprint density at radius 2 is 1.85 bits per heavy atom. The molecule has 0 saturated carbocycles. The zero-order chi connectivity index (χ0) is 18.7. The van der Waals surface area contributed by atoms with Crippen molar-refractivity contribution in [3.63, 3.8) is 0 Å². The Hall–Kier alpha value is -2.47. The predicted octanol–water partition coefficient (Wildman–Crippen LogP) is 3.17. The topological polar surface area (TPSA) is 67.4 Å². The first-order valence-corrected chi connectivity index (χ1v) is 8.94. The predicted molar refractivity (Wildman–Crippen MR) is 103 cm³/mol. The lowest BCUT2D eigenvalue weighted by molar-refractivity contribution is 0.102. The Labute approximate surface area is 154 Å². The fraction of sp³-hybridized carbons (Fsp3) is 0.450. The zero-order valence-electron chi connectivity index (χ0n) is 15.9. The molecule has 0 atom stereocenters. The van der Waals surface area contributed by atoms with E-state index < -0.39 is 0 Å². The van der Waals surface area contributed by atoms with Gasteiger partial charge in [0.2, 0.25) is 5.95 Å². The van der Waals surface area contributed by atoms with E-state index >= 15 is 0 Å². The van der Waals surface area contributed by atoms with Crippen LogP contribution in [0.5, 0.6) is 0 Å². The lowest BCUT2D eigenvalue weighted by Gasteiger charge is -2.27. The van der Waals surface area contributed by atoms with Crippen LogP contribution in [0.4, 0.5) is 11.6 Å². The molecule has 2 heterocycles. The van der Waals surface area contributed by atoms with Crippen LogP contribution >= 0.6 is 0 Å². The van der Waals surface area contributed by atoms with Gasteiger partial charge in [-0.05, 0) is 30.0 Å². The number of aryl methyl sites for hydroxylation is 1. The zero-order valence-corrected chi connectivity index (χ0v) is 15.9. The van der Waals surface area contributed by atoms with Crippen molar-refractivity contribution in [1.82, 2.24) is 9.97 Å². The molecule has 2 aromatic rings. The molecule has 0 spiro atoms. The van der Waals surface area contributed by atoms with Crippen LogP contribution in [0, 0.1) is 6.92 Å². The highest BCUT2D eigenvalue weighted by atomic mass is 16.5. The number of aromatic nitrogens is 2. The SMILES string of the molecule is Cc1cc(C(=O)Nc2ccccc2C(C)(C)C)nc(N2CCOCC2)n1. The number of morpholine rings is 1. The maximum Gasteiger partial charge on any atom is 0.274 e. The Morgan fingerprint density at radius 3 is 2.54 bits per heavy atom. The molecule has 0 bridgehead atoms. The summed E-state index contributed by atoms with van der Waals surface area (Å²) >= 11 is 0. The first-order chi connectivity index (χ1) is 12.3. The Kier molecular flexibility index (Phi) is 5.23. The molecule has 26 heavy (non-hydrogen) atoms. The molecule has 1 N–H and O–H groups in total. The van der Waals surface area contributed by atoms with E-state index in [-0.39, 0.29) is 11.3 Å². The summed E-state index contributed by atoms with van der Waals surface area (Å²) in [5, 5.41) is 3.02. The summed E-state index contributed by atoms with van der Waals surface area (Å²) in [6, 6.07) is 9.60. The van der Waals surface area contributed by atoms with Gasteiger partial charge in [-0.15, -0.1) is 0 Å². The molecule has 1 amide bonds. The number of para-hydroxylation sites is 1. The van der Waals surface area contributed by atoms with E-state index in [1.54, 1.807) is 6.07 Å². The lowest BCUT2D eigenvalue weighted by atomic mass is 9.86. The van der Waals surface area contributed by atoms with Crippen LogP contribution in [0.3, 0.4) is 0 Å². The summed E-state index contributed by atoms with van der Waals surface area (Å²) in [5.41, 5.74) is 2.99. The number of hydrogen-bond acceptors (Lipinski definition) is 5. The number of anilines is 2. The molecule has 0 radical (unpaired) electrons.